The van der Waals surface area contributed by atoms with Crippen LogP contribution in [-0.4, -0.2) is 21.1 Å². The van der Waals surface area contributed by atoms with Gasteiger partial charge in [-0.25, -0.2) is 0 Å². The molecule has 5 heteroatoms. The highest BCUT2D eigenvalue weighted by Crippen LogP contribution is 2.43. The molecule has 0 saturated carbocycles. The molecule has 3 N–H and O–H groups in total. The molecule has 0 bridgehead atoms. The van der Waals surface area contributed by atoms with Gasteiger partial charge < -0.3 is 15.3 Å². The number of unbranched alkanes of at least 4 members (excludes halogenated alkanes) is 12. The van der Waals surface area contributed by atoms with E-state index in [2.05, 4.69) is 22.9 Å². The van der Waals surface area contributed by atoms with E-state index in [1.807, 2.05) is 0 Å². The van der Waals surface area contributed by atoms with Gasteiger partial charge in [0.2, 0.25) is 5.75 Å². The quantitative estimate of drug-likeness (QED) is 0.152. The average molecular weight is 443 g/mol. The molecule has 1 aromatic rings. The van der Waals surface area contributed by atoms with Crippen molar-refractivity contribution in [1.29, 1.82) is 0 Å². The molecule has 1 rings (SSSR count). The molecule has 154 valence electrons. The summed E-state index contributed by atoms with van der Waals surface area (Å²) in [5.74, 6) is -1.87. The fourth-order valence-corrected chi connectivity index (χ4v) is 3.68. The number of halogens is 1. The number of ketones is 1. The zero-order chi connectivity index (χ0) is 20.1. The minimum absolute atomic E-state index is 0.0520. The van der Waals surface area contributed by atoms with Crippen LogP contribution in [0.4, 0.5) is 0 Å². The normalized spacial score (nSPS) is 11.0. The van der Waals surface area contributed by atoms with Crippen molar-refractivity contribution in [2.75, 3.05) is 0 Å². The van der Waals surface area contributed by atoms with Gasteiger partial charge in [0.15, 0.2) is 17.3 Å². The molecule has 4 nitrogen and oxygen atoms in total. The van der Waals surface area contributed by atoms with Crippen molar-refractivity contribution in [3.8, 4) is 17.2 Å². The summed E-state index contributed by atoms with van der Waals surface area (Å²) < 4.78 is 0.200. The van der Waals surface area contributed by atoms with Crippen LogP contribution in [0.5, 0.6) is 17.2 Å². The minimum Gasteiger partial charge on any atom is -0.504 e. The lowest BCUT2D eigenvalue weighted by Gasteiger charge is -2.09. The van der Waals surface area contributed by atoms with Crippen molar-refractivity contribution >= 4 is 21.7 Å². The highest BCUT2D eigenvalue weighted by atomic mass is 79.9. The molecule has 0 aliphatic rings. The van der Waals surface area contributed by atoms with E-state index in [-0.39, 0.29) is 15.8 Å². The predicted octanol–water partition coefficient (Wildman–Crippen LogP) is 7.23. The van der Waals surface area contributed by atoms with E-state index in [1.54, 1.807) is 0 Å². The second-order valence-corrected chi connectivity index (χ2v) is 8.22. The van der Waals surface area contributed by atoms with Crippen LogP contribution in [0.1, 0.15) is 107 Å². The number of phenols is 3. The van der Waals surface area contributed by atoms with E-state index in [1.165, 1.54) is 70.3 Å². The Kier molecular flexibility index (Phi) is 12.2. The van der Waals surface area contributed by atoms with Crippen molar-refractivity contribution in [2.45, 2.75) is 96.8 Å². The SMILES string of the molecule is CCCCCCCCCCCCCCCC(=O)c1cc(Br)c(O)c(O)c1O. The first-order chi connectivity index (χ1) is 13.0. The highest BCUT2D eigenvalue weighted by molar-refractivity contribution is 9.10. The fourth-order valence-electron chi connectivity index (χ4n) is 3.27. The number of benzene rings is 1. The molecule has 0 atom stereocenters. The van der Waals surface area contributed by atoms with E-state index in [9.17, 15) is 20.1 Å². The summed E-state index contributed by atoms with van der Waals surface area (Å²) in [6, 6.07) is 1.36. The van der Waals surface area contributed by atoms with Gasteiger partial charge in [0.05, 0.1) is 10.0 Å². The third kappa shape index (κ3) is 9.00. The molecular weight excluding hydrogens is 408 g/mol. The summed E-state index contributed by atoms with van der Waals surface area (Å²) in [5, 5.41) is 29.0. The summed E-state index contributed by atoms with van der Waals surface area (Å²) in [6.45, 7) is 2.25. The minimum atomic E-state index is -0.655. The van der Waals surface area contributed by atoms with Gasteiger partial charge in [-0.2, -0.15) is 0 Å². The van der Waals surface area contributed by atoms with E-state index in [0.717, 1.165) is 19.3 Å². The first kappa shape index (κ1) is 23.8. The molecule has 0 unspecified atom stereocenters. The number of carbonyl (C=O) groups is 1. The van der Waals surface area contributed by atoms with Gasteiger partial charge in [-0.1, -0.05) is 84.0 Å². The van der Waals surface area contributed by atoms with Crippen molar-refractivity contribution in [2.24, 2.45) is 0 Å². The Morgan fingerprint density at radius 3 is 1.67 bits per heavy atom. The number of aromatic hydroxyl groups is 3. The number of hydrogen-bond donors (Lipinski definition) is 3. The Labute approximate surface area is 172 Å². The molecule has 27 heavy (non-hydrogen) atoms. The number of rotatable bonds is 15. The predicted molar refractivity (Wildman–Crippen MR) is 114 cm³/mol. The molecule has 0 aromatic heterocycles. The van der Waals surface area contributed by atoms with Crippen LogP contribution < -0.4 is 0 Å². The Hall–Kier alpha value is -1.23. The number of carbonyl (C=O) groups excluding carboxylic acids is 1. The maximum absolute atomic E-state index is 12.2. The summed E-state index contributed by atoms with van der Waals surface area (Å²) in [7, 11) is 0. The van der Waals surface area contributed by atoms with E-state index >= 15 is 0 Å². The number of phenolic OH excluding ortho intramolecular Hbond substituents is 3. The maximum atomic E-state index is 12.2. The molecule has 0 aliphatic carbocycles. The lowest BCUT2D eigenvalue weighted by molar-refractivity contribution is 0.0975. The van der Waals surface area contributed by atoms with Gasteiger partial charge in [-0.05, 0) is 28.4 Å². The monoisotopic (exact) mass is 442 g/mol. The maximum Gasteiger partial charge on any atom is 0.202 e. The molecule has 0 radical (unpaired) electrons. The van der Waals surface area contributed by atoms with Crippen molar-refractivity contribution in [1.82, 2.24) is 0 Å². The van der Waals surface area contributed by atoms with Gasteiger partial charge in [-0.15, -0.1) is 0 Å². The van der Waals surface area contributed by atoms with Gasteiger partial charge in [0, 0.05) is 6.42 Å². The Morgan fingerprint density at radius 2 is 1.19 bits per heavy atom. The first-order valence-corrected chi connectivity index (χ1v) is 11.2. The first-order valence-electron chi connectivity index (χ1n) is 10.5. The number of Topliss-reactive ketones (excluding diaryl/α,β-unsaturated/α-hetero) is 1. The molecule has 0 saturated heterocycles. The zero-order valence-corrected chi connectivity index (χ0v) is 18.2. The molecule has 0 spiro atoms. The Balaban J connectivity index is 2.08. The molecule has 0 heterocycles. The average Bonchev–Trinajstić information content (AvgIpc) is 2.66. The lowest BCUT2D eigenvalue weighted by Crippen LogP contribution is -2.00. The fraction of sp³-hybridized carbons (Fsp3) is 0.682. The van der Waals surface area contributed by atoms with Crippen LogP contribution in [0.25, 0.3) is 0 Å². The summed E-state index contributed by atoms with van der Waals surface area (Å²) in [6.07, 6.45) is 16.5. The van der Waals surface area contributed by atoms with Crippen LogP contribution in [0, 0.1) is 0 Å². The Morgan fingerprint density at radius 1 is 0.741 bits per heavy atom. The lowest BCUT2D eigenvalue weighted by atomic mass is 10.0. The third-order valence-corrected chi connectivity index (χ3v) is 5.61. The molecular formula is C22H35BrO4. The smallest absolute Gasteiger partial charge is 0.202 e. The second-order valence-electron chi connectivity index (χ2n) is 7.37. The largest absolute Gasteiger partial charge is 0.504 e. The second kappa shape index (κ2) is 13.9. The van der Waals surface area contributed by atoms with Crippen molar-refractivity contribution in [3.63, 3.8) is 0 Å². The van der Waals surface area contributed by atoms with Gasteiger partial charge >= 0.3 is 0 Å². The van der Waals surface area contributed by atoms with E-state index in [0.29, 0.717) is 6.42 Å². The van der Waals surface area contributed by atoms with Gasteiger partial charge in [0.25, 0.3) is 0 Å². The van der Waals surface area contributed by atoms with Crippen LogP contribution in [-0.2, 0) is 0 Å². The zero-order valence-electron chi connectivity index (χ0n) is 16.6. The van der Waals surface area contributed by atoms with Crippen molar-refractivity contribution in [3.05, 3.63) is 16.1 Å². The third-order valence-electron chi connectivity index (χ3n) is 5.01. The molecule has 1 aromatic carbocycles. The van der Waals surface area contributed by atoms with Crippen LogP contribution in [0.3, 0.4) is 0 Å². The Bertz CT molecular complexity index is 572. The van der Waals surface area contributed by atoms with Crippen LogP contribution in [0.15, 0.2) is 10.5 Å². The molecule has 0 amide bonds. The molecule has 0 aliphatic heterocycles. The topological polar surface area (TPSA) is 77.8 Å². The molecule has 0 fully saturated rings. The summed E-state index contributed by atoms with van der Waals surface area (Å²) >= 11 is 3.07. The van der Waals surface area contributed by atoms with E-state index in [4.69, 9.17) is 0 Å². The summed E-state index contributed by atoms with van der Waals surface area (Å²) in [4.78, 5) is 12.2. The van der Waals surface area contributed by atoms with Crippen molar-refractivity contribution < 1.29 is 20.1 Å². The van der Waals surface area contributed by atoms with E-state index < -0.39 is 17.2 Å². The van der Waals surface area contributed by atoms with Gasteiger partial charge in [-0.3, -0.25) is 4.79 Å². The van der Waals surface area contributed by atoms with Crippen LogP contribution in [0.2, 0.25) is 0 Å². The number of hydrogen-bond acceptors (Lipinski definition) is 4. The summed E-state index contributed by atoms with van der Waals surface area (Å²) in [5.41, 5.74) is 0.0520. The standard InChI is InChI=1S/C22H35BrO4/c1-2-3-4-5-6-7-8-9-10-11-12-13-14-15-19(24)17-16-18(23)21(26)22(27)20(17)25/h16,25-27H,2-15H2,1H3. The van der Waals surface area contributed by atoms with Gasteiger partial charge in [0.1, 0.15) is 0 Å². The van der Waals surface area contributed by atoms with Crippen LogP contribution >= 0.6 is 15.9 Å². The highest BCUT2D eigenvalue weighted by Gasteiger charge is 2.19.